The molecule has 3 aromatic rings. The van der Waals surface area contributed by atoms with Crippen LogP contribution in [0.3, 0.4) is 0 Å². The first-order valence-electron chi connectivity index (χ1n) is 11.8. The summed E-state index contributed by atoms with van der Waals surface area (Å²) in [5.41, 5.74) is 1.94. The zero-order valence-corrected chi connectivity index (χ0v) is 20.9. The molecular weight excluding hydrogens is 470 g/mol. The number of nitrogens with zero attached hydrogens (tertiary/aromatic N) is 5. The predicted octanol–water partition coefficient (Wildman–Crippen LogP) is 4.18. The molecule has 10 nitrogen and oxygen atoms in total. The highest BCUT2D eigenvalue weighted by molar-refractivity contribution is 7.75. The lowest BCUT2D eigenvalue weighted by Gasteiger charge is -2.32. The van der Waals surface area contributed by atoms with Gasteiger partial charge in [-0.25, -0.2) is 9.97 Å². The summed E-state index contributed by atoms with van der Waals surface area (Å²) in [6.07, 6.45) is 3.38. The number of benzene rings is 1. The van der Waals surface area contributed by atoms with E-state index in [-0.39, 0.29) is 17.8 Å². The van der Waals surface area contributed by atoms with Gasteiger partial charge in [0.05, 0.1) is 18.8 Å². The summed E-state index contributed by atoms with van der Waals surface area (Å²) in [6, 6.07) is 7.71. The van der Waals surface area contributed by atoms with Crippen molar-refractivity contribution >= 4 is 17.2 Å². The van der Waals surface area contributed by atoms with E-state index < -0.39 is 11.4 Å². The minimum Gasteiger partial charge on any atom is -0.439 e. The van der Waals surface area contributed by atoms with Gasteiger partial charge in [-0.15, -0.1) is 0 Å². The molecule has 0 N–H and O–H groups in total. The Morgan fingerprint density at radius 1 is 1.06 bits per heavy atom. The van der Waals surface area contributed by atoms with Gasteiger partial charge in [-0.3, -0.25) is 8.37 Å². The van der Waals surface area contributed by atoms with Crippen LogP contribution in [0.1, 0.15) is 67.3 Å². The smallest absolute Gasteiger partial charge is 0.304 e. The second-order valence-corrected chi connectivity index (χ2v) is 10.1. The van der Waals surface area contributed by atoms with E-state index in [1.807, 2.05) is 31.2 Å². The zero-order valence-electron chi connectivity index (χ0n) is 20.0. The van der Waals surface area contributed by atoms with Crippen LogP contribution >= 0.6 is 0 Å². The van der Waals surface area contributed by atoms with E-state index in [1.54, 1.807) is 6.33 Å². The number of hydrogen-bond donors (Lipinski definition) is 0. The molecule has 2 fully saturated rings. The fourth-order valence-corrected chi connectivity index (χ4v) is 4.92. The fourth-order valence-electron chi connectivity index (χ4n) is 4.30. The summed E-state index contributed by atoms with van der Waals surface area (Å²) >= 11 is -1.64. The average molecular weight is 500 g/mol. The van der Waals surface area contributed by atoms with Crippen molar-refractivity contribution in [3.05, 3.63) is 53.4 Å². The molecule has 0 aliphatic carbocycles. The Kier molecular flexibility index (Phi) is 7.07. The highest BCUT2D eigenvalue weighted by Crippen LogP contribution is 2.34. The molecule has 35 heavy (non-hydrogen) atoms. The molecule has 2 aromatic heterocycles. The molecule has 0 bridgehead atoms. The van der Waals surface area contributed by atoms with Gasteiger partial charge in [0.25, 0.3) is 0 Å². The summed E-state index contributed by atoms with van der Waals surface area (Å²) < 4.78 is 33.0. The van der Waals surface area contributed by atoms with Gasteiger partial charge in [-0.2, -0.15) is 9.19 Å². The van der Waals surface area contributed by atoms with Crippen LogP contribution in [0.5, 0.6) is 11.6 Å². The van der Waals surface area contributed by atoms with Crippen LogP contribution in [0.2, 0.25) is 0 Å². The monoisotopic (exact) mass is 499 g/mol. The first kappa shape index (κ1) is 23.8. The summed E-state index contributed by atoms with van der Waals surface area (Å²) in [5, 5.41) is 4.11. The third kappa shape index (κ3) is 5.36. The molecule has 4 heterocycles. The standard InChI is InChI=1S/C24H29N5O5S/c1-15(2)21-27-24(34-28-21)18-8-10-29(11-9-18)22-16(3)23(26-14-25-22)33-20-6-4-17(5-7-20)19-12-31-35(30)32-13-19/h4-7,14-15,18-19H,8-13H2,1-3H3. The van der Waals surface area contributed by atoms with Crippen molar-refractivity contribution in [2.45, 2.75) is 51.4 Å². The van der Waals surface area contributed by atoms with Gasteiger partial charge in [-0.1, -0.05) is 31.1 Å². The number of piperidine rings is 1. The molecular formula is C24H29N5O5S. The van der Waals surface area contributed by atoms with Gasteiger partial charge < -0.3 is 14.2 Å². The fraction of sp³-hybridized carbons (Fsp3) is 0.500. The Hall–Kier alpha value is -2.89. The first-order valence-corrected chi connectivity index (χ1v) is 12.8. The van der Waals surface area contributed by atoms with Crippen LogP contribution in [-0.2, 0) is 19.7 Å². The molecule has 2 aliphatic heterocycles. The summed E-state index contributed by atoms with van der Waals surface area (Å²) in [5.74, 6) is 4.15. The topological polar surface area (TPSA) is 113 Å². The summed E-state index contributed by atoms with van der Waals surface area (Å²) in [7, 11) is 0. The Morgan fingerprint density at radius 2 is 1.77 bits per heavy atom. The maximum Gasteiger partial charge on any atom is 0.304 e. The SMILES string of the molecule is Cc1c(Oc2ccc(C3COS(=O)OC3)cc2)ncnc1N1CCC(c2nc(C(C)C)no2)CC1. The molecule has 0 radical (unpaired) electrons. The van der Waals surface area contributed by atoms with E-state index in [0.717, 1.165) is 54.6 Å². The van der Waals surface area contributed by atoms with Crippen molar-refractivity contribution in [2.24, 2.45) is 0 Å². The van der Waals surface area contributed by atoms with Crippen molar-refractivity contribution in [3.63, 3.8) is 0 Å². The number of rotatable bonds is 6. The Balaban J connectivity index is 1.22. The molecule has 1 aromatic carbocycles. The molecule has 0 spiro atoms. The largest absolute Gasteiger partial charge is 0.439 e. The van der Waals surface area contributed by atoms with E-state index in [1.165, 1.54) is 0 Å². The predicted molar refractivity (Wildman–Crippen MR) is 129 cm³/mol. The van der Waals surface area contributed by atoms with Crippen LogP contribution in [0.15, 0.2) is 35.1 Å². The second-order valence-electron chi connectivity index (χ2n) is 9.18. The average Bonchev–Trinajstić information content (AvgIpc) is 3.37. The second kappa shape index (κ2) is 10.4. The van der Waals surface area contributed by atoms with Crippen LogP contribution in [-0.4, -0.2) is 50.6 Å². The third-order valence-electron chi connectivity index (χ3n) is 6.43. The van der Waals surface area contributed by atoms with Crippen LogP contribution in [0.25, 0.3) is 0 Å². The number of aromatic nitrogens is 4. The van der Waals surface area contributed by atoms with Gasteiger partial charge in [0.15, 0.2) is 5.82 Å². The van der Waals surface area contributed by atoms with E-state index >= 15 is 0 Å². The zero-order chi connectivity index (χ0) is 24.4. The Bertz CT molecular complexity index is 1170. The van der Waals surface area contributed by atoms with Gasteiger partial charge in [0, 0.05) is 30.8 Å². The van der Waals surface area contributed by atoms with Crippen molar-refractivity contribution in [2.75, 3.05) is 31.2 Å². The molecule has 0 unspecified atom stereocenters. The number of ether oxygens (including phenoxy) is 1. The lowest BCUT2D eigenvalue weighted by atomic mass is 9.96. The van der Waals surface area contributed by atoms with E-state index in [2.05, 4.69) is 38.9 Å². The number of anilines is 1. The summed E-state index contributed by atoms with van der Waals surface area (Å²) in [6.45, 7) is 8.52. The molecule has 186 valence electrons. The van der Waals surface area contributed by atoms with Gasteiger partial charge >= 0.3 is 11.4 Å². The van der Waals surface area contributed by atoms with Gasteiger partial charge in [0.1, 0.15) is 17.9 Å². The van der Waals surface area contributed by atoms with Gasteiger partial charge in [0.2, 0.25) is 11.8 Å². The third-order valence-corrected chi connectivity index (χ3v) is 7.08. The highest BCUT2D eigenvalue weighted by Gasteiger charge is 2.28. The molecule has 2 saturated heterocycles. The Labute approximate surface area is 206 Å². The molecule has 2 aliphatic rings. The van der Waals surface area contributed by atoms with E-state index in [0.29, 0.717) is 24.8 Å². The van der Waals surface area contributed by atoms with Crippen molar-refractivity contribution in [1.29, 1.82) is 0 Å². The first-order chi connectivity index (χ1) is 17.0. The Morgan fingerprint density at radius 3 is 2.43 bits per heavy atom. The van der Waals surface area contributed by atoms with E-state index in [4.69, 9.17) is 17.6 Å². The molecule has 11 heteroatoms. The van der Waals surface area contributed by atoms with Crippen molar-refractivity contribution in [1.82, 2.24) is 20.1 Å². The lowest BCUT2D eigenvalue weighted by Crippen LogP contribution is -2.34. The van der Waals surface area contributed by atoms with Crippen LogP contribution in [0, 0.1) is 6.92 Å². The number of hydrogen-bond acceptors (Lipinski definition) is 10. The molecule has 0 amide bonds. The van der Waals surface area contributed by atoms with Crippen molar-refractivity contribution < 1.29 is 21.8 Å². The van der Waals surface area contributed by atoms with Crippen molar-refractivity contribution in [3.8, 4) is 11.6 Å². The maximum atomic E-state index is 11.2. The minimum absolute atomic E-state index is 0.0428. The quantitative estimate of drug-likeness (QED) is 0.489. The summed E-state index contributed by atoms with van der Waals surface area (Å²) in [4.78, 5) is 15.7. The molecule has 5 rings (SSSR count). The van der Waals surface area contributed by atoms with Crippen LogP contribution in [0.4, 0.5) is 5.82 Å². The minimum atomic E-state index is -1.64. The molecule has 0 atom stereocenters. The lowest BCUT2D eigenvalue weighted by molar-refractivity contribution is 0.160. The van der Waals surface area contributed by atoms with Gasteiger partial charge in [-0.05, 0) is 37.5 Å². The molecule has 0 saturated carbocycles. The maximum absolute atomic E-state index is 11.2. The van der Waals surface area contributed by atoms with E-state index in [9.17, 15) is 4.21 Å². The normalized spacial score (nSPS) is 21.4. The highest BCUT2D eigenvalue weighted by atomic mass is 32.2. The van der Waals surface area contributed by atoms with Crippen LogP contribution < -0.4 is 9.64 Å².